The monoisotopic (exact) mass is 311 g/mol. The molecule has 1 heterocycles. The number of nitrogens with one attached hydrogen (secondary N) is 1. The molecule has 0 unspecified atom stereocenters. The lowest BCUT2D eigenvalue weighted by Crippen LogP contribution is -2.42. The third-order valence-corrected chi connectivity index (χ3v) is 4.62. The van der Waals surface area contributed by atoms with E-state index in [1.807, 2.05) is 6.92 Å². The van der Waals surface area contributed by atoms with Gasteiger partial charge in [-0.2, -0.15) is 0 Å². The number of amides is 1. The minimum atomic E-state index is -0.520. The normalized spacial score (nSPS) is 21.8. The molecule has 6 nitrogen and oxygen atoms in total. The van der Waals surface area contributed by atoms with E-state index in [4.69, 9.17) is 4.74 Å². The van der Waals surface area contributed by atoms with Crippen molar-refractivity contribution in [2.24, 2.45) is 5.92 Å². The summed E-state index contributed by atoms with van der Waals surface area (Å²) < 4.78 is 8.78. The largest absolute Gasteiger partial charge is 0.451 e. The van der Waals surface area contributed by atoms with E-state index in [2.05, 4.69) is 21.8 Å². The van der Waals surface area contributed by atoms with Crippen LogP contribution in [0.25, 0.3) is 0 Å². The number of esters is 1. The second kappa shape index (κ2) is 7.49. The molecule has 2 rings (SSSR count). The Hall–Kier alpha value is -1.50. The standard InChI is InChI=1S/C14H21N3O3S/c1-3-10-13(21-17-16-10)14(19)20-8-12(18)15-11-7-5-4-6-9(11)2/h9,11H,3-8H2,1-2H3,(H,15,18)/t9-,11-/m1/s1. The Kier molecular flexibility index (Phi) is 5.67. The van der Waals surface area contributed by atoms with E-state index in [0.717, 1.165) is 30.8 Å². The number of hydrogen-bond donors (Lipinski definition) is 1. The smallest absolute Gasteiger partial charge is 0.352 e. The average Bonchev–Trinajstić information content (AvgIpc) is 2.96. The summed E-state index contributed by atoms with van der Waals surface area (Å²) in [4.78, 5) is 24.1. The number of carbonyl (C=O) groups is 2. The van der Waals surface area contributed by atoms with Crippen LogP contribution in [0.15, 0.2) is 0 Å². The Morgan fingerprint density at radius 3 is 2.86 bits per heavy atom. The number of ether oxygens (including phenoxy) is 1. The molecule has 1 amide bonds. The highest BCUT2D eigenvalue weighted by molar-refractivity contribution is 7.07. The van der Waals surface area contributed by atoms with Crippen molar-refractivity contribution in [3.8, 4) is 0 Å². The van der Waals surface area contributed by atoms with Crippen LogP contribution in [-0.4, -0.2) is 34.1 Å². The van der Waals surface area contributed by atoms with E-state index in [1.54, 1.807) is 0 Å². The molecule has 0 spiro atoms. The number of aromatic nitrogens is 2. The van der Waals surface area contributed by atoms with Gasteiger partial charge in [-0.25, -0.2) is 4.79 Å². The summed E-state index contributed by atoms with van der Waals surface area (Å²) >= 11 is 1.00. The van der Waals surface area contributed by atoms with Gasteiger partial charge in [-0.1, -0.05) is 31.2 Å². The Morgan fingerprint density at radius 2 is 2.14 bits per heavy atom. The van der Waals surface area contributed by atoms with Crippen LogP contribution in [-0.2, 0) is 16.0 Å². The van der Waals surface area contributed by atoms with Crippen LogP contribution in [0.2, 0.25) is 0 Å². The molecule has 1 aliphatic carbocycles. The SMILES string of the molecule is CCc1nnsc1C(=O)OCC(=O)N[C@@H]1CCCC[C@H]1C. The predicted octanol–water partition coefficient (Wildman–Crippen LogP) is 1.95. The second-order valence-electron chi connectivity index (χ2n) is 5.41. The maximum absolute atomic E-state index is 11.9. The van der Waals surface area contributed by atoms with Crippen LogP contribution in [0.3, 0.4) is 0 Å². The predicted molar refractivity (Wildman–Crippen MR) is 79.1 cm³/mol. The van der Waals surface area contributed by atoms with Gasteiger partial charge in [0.25, 0.3) is 5.91 Å². The van der Waals surface area contributed by atoms with Gasteiger partial charge < -0.3 is 10.1 Å². The molecule has 1 fully saturated rings. The zero-order valence-electron chi connectivity index (χ0n) is 12.4. The van der Waals surface area contributed by atoms with Gasteiger partial charge in [0.1, 0.15) is 0 Å². The van der Waals surface area contributed by atoms with Crippen LogP contribution < -0.4 is 5.32 Å². The van der Waals surface area contributed by atoms with Gasteiger partial charge in [0.05, 0.1) is 5.69 Å². The zero-order valence-corrected chi connectivity index (χ0v) is 13.2. The van der Waals surface area contributed by atoms with Crippen molar-refractivity contribution in [1.82, 2.24) is 14.9 Å². The van der Waals surface area contributed by atoms with Gasteiger partial charge in [0.2, 0.25) is 0 Å². The van der Waals surface area contributed by atoms with Crippen molar-refractivity contribution in [3.05, 3.63) is 10.6 Å². The number of nitrogens with zero attached hydrogens (tertiary/aromatic N) is 2. The Balaban J connectivity index is 1.79. The fourth-order valence-electron chi connectivity index (χ4n) is 2.57. The zero-order chi connectivity index (χ0) is 15.2. The molecule has 0 bridgehead atoms. The van der Waals surface area contributed by atoms with Crippen LogP contribution in [0, 0.1) is 5.92 Å². The minimum absolute atomic E-state index is 0.196. The fourth-order valence-corrected chi connectivity index (χ4v) is 3.22. The van der Waals surface area contributed by atoms with E-state index in [-0.39, 0.29) is 18.6 Å². The third kappa shape index (κ3) is 4.23. The molecule has 116 valence electrons. The van der Waals surface area contributed by atoms with Gasteiger partial charge in [-0.05, 0) is 36.7 Å². The molecule has 21 heavy (non-hydrogen) atoms. The molecule has 0 saturated heterocycles. The molecule has 1 aliphatic rings. The number of rotatable bonds is 5. The molecular formula is C14H21N3O3S. The van der Waals surface area contributed by atoms with E-state index in [0.29, 0.717) is 22.9 Å². The van der Waals surface area contributed by atoms with Gasteiger partial charge in [-0.15, -0.1) is 5.10 Å². The van der Waals surface area contributed by atoms with E-state index >= 15 is 0 Å². The van der Waals surface area contributed by atoms with E-state index in [1.165, 1.54) is 6.42 Å². The Bertz CT molecular complexity index is 503. The summed E-state index contributed by atoms with van der Waals surface area (Å²) in [7, 11) is 0. The molecule has 0 aliphatic heterocycles. The summed E-state index contributed by atoms with van der Waals surface area (Å²) in [5, 5.41) is 6.81. The molecule has 7 heteroatoms. The lowest BCUT2D eigenvalue weighted by Gasteiger charge is -2.29. The van der Waals surface area contributed by atoms with Crippen molar-refractivity contribution in [2.45, 2.75) is 52.0 Å². The summed E-state index contributed by atoms with van der Waals surface area (Å²) in [5.41, 5.74) is 0.617. The summed E-state index contributed by atoms with van der Waals surface area (Å²) in [6, 6.07) is 0.196. The first kappa shape index (κ1) is 15.9. The first-order chi connectivity index (χ1) is 10.1. The van der Waals surface area contributed by atoms with Gasteiger partial charge in [0.15, 0.2) is 11.5 Å². The van der Waals surface area contributed by atoms with Crippen molar-refractivity contribution in [3.63, 3.8) is 0 Å². The third-order valence-electron chi connectivity index (χ3n) is 3.87. The Morgan fingerprint density at radius 1 is 1.38 bits per heavy atom. The maximum atomic E-state index is 11.9. The highest BCUT2D eigenvalue weighted by Crippen LogP contribution is 2.23. The van der Waals surface area contributed by atoms with Crippen LogP contribution in [0.5, 0.6) is 0 Å². The number of hydrogen-bond acceptors (Lipinski definition) is 6. The van der Waals surface area contributed by atoms with Crippen LogP contribution >= 0.6 is 11.5 Å². The first-order valence-corrected chi connectivity index (χ1v) is 8.16. The minimum Gasteiger partial charge on any atom is -0.451 e. The van der Waals surface area contributed by atoms with Gasteiger partial charge >= 0.3 is 5.97 Å². The number of aryl methyl sites for hydroxylation is 1. The summed E-state index contributed by atoms with van der Waals surface area (Å²) in [5.74, 6) is -0.276. The van der Waals surface area contributed by atoms with Crippen molar-refractivity contribution < 1.29 is 14.3 Å². The lowest BCUT2D eigenvalue weighted by molar-refractivity contribution is -0.125. The number of carbonyl (C=O) groups excluding carboxylic acids is 2. The second-order valence-corrected chi connectivity index (χ2v) is 6.17. The summed E-state index contributed by atoms with van der Waals surface area (Å²) in [6.45, 7) is 3.79. The molecule has 1 aromatic rings. The first-order valence-electron chi connectivity index (χ1n) is 7.39. The molecule has 0 aromatic carbocycles. The Labute approximate surface area is 128 Å². The van der Waals surface area contributed by atoms with Crippen LogP contribution in [0.1, 0.15) is 54.9 Å². The van der Waals surface area contributed by atoms with Crippen LogP contribution in [0.4, 0.5) is 0 Å². The van der Waals surface area contributed by atoms with E-state index < -0.39 is 5.97 Å². The molecular weight excluding hydrogens is 290 g/mol. The lowest BCUT2D eigenvalue weighted by atomic mass is 9.86. The molecule has 1 saturated carbocycles. The van der Waals surface area contributed by atoms with Crippen molar-refractivity contribution in [1.29, 1.82) is 0 Å². The summed E-state index contributed by atoms with van der Waals surface area (Å²) in [6.07, 6.45) is 5.12. The average molecular weight is 311 g/mol. The van der Waals surface area contributed by atoms with E-state index in [9.17, 15) is 9.59 Å². The fraction of sp³-hybridized carbons (Fsp3) is 0.714. The van der Waals surface area contributed by atoms with Crippen molar-refractivity contribution >= 4 is 23.4 Å². The van der Waals surface area contributed by atoms with Gasteiger partial charge in [-0.3, -0.25) is 4.79 Å². The highest BCUT2D eigenvalue weighted by Gasteiger charge is 2.23. The van der Waals surface area contributed by atoms with Gasteiger partial charge in [0, 0.05) is 6.04 Å². The molecule has 2 atom stereocenters. The maximum Gasteiger partial charge on any atom is 0.352 e. The molecule has 1 aromatic heterocycles. The quantitative estimate of drug-likeness (QED) is 0.841. The molecule has 0 radical (unpaired) electrons. The topological polar surface area (TPSA) is 81.2 Å². The van der Waals surface area contributed by atoms with Crippen molar-refractivity contribution in [2.75, 3.05) is 6.61 Å². The molecule has 1 N–H and O–H groups in total. The highest BCUT2D eigenvalue weighted by atomic mass is 32.1.